The average molecular weight is 370 g/mol. The molecule has 1 saturated heterocycles. The van der Waals surface area contributed by atoms with Crippen LogP contribution in [0.1, 0.15) is 31.9 Å². The predicted octanol–water partition coefficient (Wildman–Crippen LogP) is 5.08. The number of hydroxylamine groups is 1. The van der Waals surface area contributed by atoms with Gasteiger partial charge in [-0.3, -0.25) is 4.84 Å². The third-order valence-corrected chi connectivity index (χ3v) is 5.34. The van der Waals surface area contributed by atoms with E-state index >= 15 is 0 Å². The Balaban J connectivity index is 1.52. The topological polar surface area (TPSA) is 30.5 Å². The van der Waals surface area contributed by atoms with Crippen LogP contribution in [0.25, 0.3) is 0 Å². The van der Waals surface area contributed by atoms with E-state index in [9.17, 15) is 0 Å². The van der Waals surface area contributed by atoms with Crippen LogP contribution in [-0.2, 0) is 21.6 Å². The lowest BCUT2D eigenvalue weighted by atomic mass is 9.87. The fourth-order valence-electron chi connectivity index (χ4n) is 2.71. The number of nitrogens with one attached hydrogen (secondary N) is 1. The molecule has 3 nitrogen and oxygen atoms in total. The van der Waals surface area contributed by atoms with Crippen LogP contribution in [0.5, 0.6) is 0 Å². The van der Waals surface area contributed by atoms with E-state index in [4.69, 9.17) is 9.57 Å². The zero-order valence-corrected chi connectivity index (χ0v) is 16.5. The van der Waals surface area contributed by atoms with Crippen molar-refractivity contribution < 1.29 is 9.57 Å². The van der Waals surface area contributed by atoms with Crippen LogP contribution < -0.4 is 5.48 Å². The summed E-state index contributed by atoms with van der Waals surface area (Å²) in [4.78, 5) is 6.90. The summed E-state index contributed by atoms with van der Waals surface area (Å²) in [7, 11) is 0. The molecule has 0 aromatic heterocycles. The van der Waals surface area contributed by atoms with Gasteiger partial charge in [0.2, 0.25) is 0 Å². The zero-order valence-electron chi connectivity index (χ0n) is 15.7. The van der Waals surface area contributed by atoms with E-state index in [0.717, 1.165) is 5.56 Å². The van der Waals surface area contributed by atoms with Gasteiger partial charge in [0.25, 0.3) is 0 Å². The van der Waals surface area contributed by atoms with Gasteiger partial charge in [-0.05, 0) is 39.7 Å². The Labute approximate surface area is 160 Å². The maximum absolute atomic E-state index is 5.66. The Morgan fingerprint density at radius 1 is 1.12 bits per heavy atom. The lowest BCUT2D eigenvalue weighted by Crippen LogP contribution is -2.30. The lowest BCUT2D eigenvalue weighted by Gasteiger charge is -2.19. The quantitative estimate of drug-likeness (QED) is 0.568. The van der Waals surface area contributed by atoms with Crippen molar-refractivity contribution in [2.75, 3.05) is 13.2 Å². The summed E-state index contributed by atoms with van der Waals surface area (Å²) in [6.45, 7) is 8.55. The molecule has 1 aliphatic rings. The third kappa shape index (κ3) is 5.45. The van der Waals surface area contributed by atoms with Crippen molar-refractivity contribution in [1.29, 1.82) is 0 Å². The van der Waals surface area contributed by atoms with E-state index in [1.54, 1.807) is 11.8 Å². The third-order valence-electron chi connectivity index (χ3n) is 4.37. The molecule has 1 aliphatic heterocycles. The summed E-state index contributed by atoms with van der Waals surface area (Å²) >= 11 is 1.73. The van der Waals surface area contributed by atoms with Gasteiger partial charge < -0.3 is 4.74 Å². The standard InChI is InChI=1S/C22H27NO2S/c1-22(2,3)19-9-11-20(12-10-19)26-16-18-14-24-15-21(18)23-25-13-17-7-5-4-6-8-17/h4-12,16,21,23H,13-15H2,1-3H3/b18-16-. The van der Waals surface area contributed by atoms with Crippen molar-refractivity contribution in [3.8, 4) is 0 Å². The number of ether oxygens (including phenoxy) is 1. The molecular formula is C22H27NO2S. The van der Waals surface area contributed by atoms with Crippen molar-refractivity contribution in [1.82, 2.24) is 5.48 Å². The predicted molar refractivity (Wildman–Crippen MR) is 108 cm³/mol. The van der Waals surface area contributed by atoms with Crippen molar-refractivity contribution in [2.24, 2.45) is 0 Å². The second-order valence-electron chi connectivity index (χ2n) is 7.54. The highest BCUT2D eigenvalue weighted by molar-refractivity contribution is 8.02. The molecular weight excluding hydrogens is 342 g/mol. The Kier molecular flexibility index (Phi) is 6.54. The minimum atomic E-state index is 0.111. The van der Waals surface area contributed by atoms with Crippen LogP contribution in [0.2, 0.25) is 0 Å². The molecule has 0 saturated carbocycles. The van der Waals surface area contributed by atoms with E-state index in [1.807, 2.05) is 18.2 Å². The first-order chi connectivity index (χ1) is 12.5. The molecule has 0 amide bonds. The molecule has 0 radical (unpaired) electrons. The summed E-state index contributed by atoms with van der Waals surface area (Å²) in [5.41, 5.74) is 7.06. The van der Waals surface area contributed by atoms with E-state index in [1.165, 1.54) is 16.0 Å². The van der Waals surface area contributed by atoms with Crippen LogP contribution >= 0.6 is 11.8 Å². The van der Waals surface area contributed by atoms with Crippen LogP contribution in [0.3, 0.4) is 0 Å². The molecule has 4 heteroatoms. The van der Waals surface area contributed by atoms with Crippen LogP contribution in [-0.4, -0.2) is 19.3 Å². The average Bonchev–Trinajstić information content (AvgIpc) is 3.08. The zero-order chi connectivity index (χ0) is 18.4. The smallest absolute Gasteiger partial charge is 0.0933 e. The summed E-state index contributed by atoms with van der Waals surface area (Å²) in [6.07, 6.45) is 0. The van der Waals surface area contributed by atoms with Crippen molar-refractivity contribution in [3.63, 3.8) is 0 Å². The van der Waals surface area contributed by atoms with Gasteiger partial charge in [-0.25, -0.2) is 0 Å². The molecule has 138 valence electrons. The summed E-state index contributed by atoms with van der Waals surface area (Å²) < 4.78 is 5.60. The SMILES string of the molecule is CC(C)(C)c1ccc(S/C=C2/COCC2NOCc2ccccc2)cc1. The van der Waals surface area contributed by atoms with Crippen molar-refractivity contribution in [3.05, 3.63) is 76.7 Å². The van der Waals surface area contributed by atoms with Gasteiger partial charge in [0.05, 0.1) is 25.9 Å². The first kappa shape index (κ1) is 19.2. The number of hydrogen-bond donors (Lipinski definition) is 1. The monoisotopic (exact) mass is 369 g/mol. The van der Waals surface area contributed by atoms with Crippen molar-refractivity contribution >= 4 is 11.8 Å². The molecule has 1 unspecified atom stereocenters. The minimum Gasteiger partial charge on any atom is -0.375 e. The van der Waals surface area contributed by atoms with E-state index < -0.39 is 0 Å². The lowest BCUT2D eigenvalue weighted by molar-refractivity contribution is 0.00609. The Morgan fingerprint density at radius 3 is 2.54 bits per heavy atom. The summed E-state index contributed by atoms with van der Waals surface area (Å²) in [5.74, 6) is 0. The highest BCUT2D eigenvalue weighted by Crippen LogP contribution is 2.28. The fourth-order valence-corrected chi connectivity index (χ4v) is 3.52. The van der Waals surface area contributed by atoms with Gasteiger partial charge in [-0.1, -0.05) is 75.0 Å². The molecule has 3 rings (SSSR count). The maximum atomic E-state index is 5.66. The van der Waals surface area contributed by atoms with Crippen LogP contribution in [0.15, 0.2) is 70.5 Å². The molecule has 1 atom stereocenters. The molecule has 0 spiro atoms. The summed E-state index contributed by atoms with van der Waals surface area (Å²) in [5, 5.41) is 2.18. The maximum Gasteiger partial charge on any atom is 0.0933 e. The van der Waals surface area contributed by atoms with E-state index in [2.05, 4.69) is 68.1 Å². The van der Waals surface area contributed by atoms with Gasteiger partial charge in [-0.2, -0.15) is 5.48 Å². The Hall–Kier alpha value is -1.59. The number of rotatable bonds is 6. The molecule has 26 heavy (non-hydrogen) atoms. The highest BCUT2D eigenvalue weighted by atomic mass is 32.2. The fraction of sp³-hybridized carbons (Fsp3) is 0.364. The largest absolute Gasteiger partial charge is 0.375 e. The Bertz CT molecular complexity index is 720. The molecule has 0 bridgehead atoms. The molecule has 2 aromatic rings. The number of thioether (sulfide) groups is 1. The van der Waals surface area contributed by atoms with Gasteiger partial charge in [0.1, 0.15) is 0 Å². The van der Waals surface area contributed by atoms with Gasteiger partial charge in [-0.15, -0.1) is 0 Å². The Morgan fingerprint density at radius 2 is 1.85 bits per heavy atom. The second kappa shape index (κ2) is 8.87. The number of benzene rings is 2. The molecule has 1 heterocycles. The summed E-state index contributed by atoms with van der Waals surface area (Å²) in [6, 6.07) is 19.1. The normalized spacial score (nSPS) is 19.2. The molecule has 1 N–H and O–H groups in total. The van der Waals surface area contributed by atoms with Gasteiger partial charge in [0.15, 0.2) is 0 Å². The van der Waals surface area contributed by atoms with Gasteiger partial charge >= 0.3 is 0 Å². The number of hydrogen-bond acceptors (Lipinski definition) is 4. The van der Waals surface area contributed by atoms with Crippen LogP contribution in [0.4, 0.5) is 0 Å². The van der Waals surface area contributed by atoms with Gasteiger partial charge in [0, 0.05) is 4.90 Å². The first-order valence-electron chi connectivity index (χ1n) is 8.97. The first-order valence-corrected chi connectivity index (χ1v) is 9.85. The van der Waals surface area contributed by atoms with Crippen LogP contribution in [0, 0.1) is 0 Å². The van der Waals surface area contributed by atoms with E-state index in [-0.39, 0.29) is 11.5 Å². The highest BCUT2D eigenvalue weighted by Gasteiger charge is 2.21. The second-order valence-corrected chi connectivity index (χ2v) is 8.49. The van der Waals surface area contributed by atoms with Crippen molar-refractivity contribution in [2.45, 2.75) is 43.7 Å². The molecule has 2 aromatic carbocycles. The molecule has 0 aliphatic carbocycles. The minimum absolute atomic E-state index is 0.111. The van der Waals surface area contributed by atoms with E-state index in [0.29, 0.717) is 19.8 Å². The molecule has 1 fully saturated rings.